The number of hydrogen-bond donors (Lipinski definition) is 0. The Morgan fingerprint density at radius 3 is 2.56 bits per heavy atom. The number of carbonyl (C=O) groups excluding carboxylic acids is 1. The number of benzene rings is 1. The van der Waals surface area contributed by atoms with Gasteiger partial charge in [0.25, 0.3) is 0 Å². The van der Waals surface area contributed by atoms with Gasteiger partial charge in [-0.1, -0.05) is 24.3 Å². The van der Waals surface area contributed by atoms with Crippen molar-refractivity contribution < 1.29 is 4.79 Å². The van der Waals surface area contributed by atoms with E-state index in [0.29, 0.717) is 11.5 Å². The molecule has 3 heteroatoms. The molecule has 18 heavy (non-hydrogen) atoms. The number of aryl methyl sites for hydroxylation is 1. The van der Waals surface area contributed by atoms with Gasteiger partial charge in [0.15, 0.2) is 6.29 Å². The monoisotopic (exact) mass is 238 g/mol. The van der Waals surface area contributed by atoms with Gasteiger partial charge in [-0.15, -0.1) is 0 Å². The predicted octanol–water partition coefficient (Wildman–Crippen LogP) is 2.56. The number of rotatable bonds is 2. The largest absolute Gasteiger partial charge is 0.298 e. The maximum atomic E-state index is 10.6. The lowest BCUT2D eigenvalue weighted by atomic mass is 9.83. The average molecular weight is 238 g/mol. The van der Waals surface area contributed by atoms with Crippen LogP contribution in [0, 0.1) is 0 Å². The Labute approximate surface area is 106 Å². The Bertz CT molecular complexity index is 563. The van der Waals surface area contributed by atoms with Gasteiger partial charge < -0.3 is 0 Å². The lowest BCUT2D eigenvalue weighted by molar-refractivity contribution is 0.112. The first kappa shape index (κ1) is 11.1. The summed E-state index contributed by atoms with van der Waals surface area (Å²) < 4.78 is 0. The van der Waals surface area contributed by atoms with Crippen LogP contribution in [0.2, 0.25) is 0 Å². The Kier molecular flexibility index (Phi) is 2.89. The van der Waals surface area contributed by atoms with Gasteiger partial charge in [-0.3, -0.25) is 4.79 Å². The zero-order valence-electron chi connectivity index (χ0n) is 10.0. The van der Waals surface area contributed by atoms with E-state index in [4.69, 9.17) is 0 Å². The molecule has 90 valence electrons. The van der Waals surface area contributed by atoms with Crippen molar-refractivity contribution in [2.45, 2.75) is 25.2 Å². The third kappa shape index (κ3) is 2.04. The Balaban J connectivity index is 1.84. The molecule has 1 aromatic heterocycles. The van der Waals surface area contributed by atoms with Gasteiger partial charge in [0, 0.05) is 18.3 Å². The van der Waals surface area contributed by atoms with Crippen LogP contribution >= 0.6 is 0 Å². The fraction of sp³-hybridized carbons (Fsp3) is 0.267. The average Bonchev–Trinajstić information content (AvgIpc) is 2.47. The Morgan fingerprint density at radius 2 is 1.83 bits per heavy atom. The molecule has 0 saturated carbocycles. The SMILES string of the molecule is O=Cc1cnc(C2CCc3ccccc3C2)nc1. The topological polar surface area (TPSA) is 42.9 Å². The highest BCUT2D eigenvalue weighted by Crippen LogP contribution is 2.30. The molecule has 1 aliphatic carbocycles. The van der Waals surface area contributed by atoms with Crippen LogP contribution in [0.5, 0.6) is 0 Å². The van der Waals surface area contributed by atoms with Crippen LogP contribution in [0.1, 0.15) is 39.6 Å². The van der Waals surface area contributed by atoms with Crippen molar-refractivity contribution in [3.63, 3.8) is 0 Å². The highest BCUT2D eigenvalue weighted by molar-refractivity contribution is 5.73. The highest BCUT2D eigenvalue weighted by Gasteiger charge is 2.21. The van der Waals surface area contributed by atoms with E-state index >= 15 is 0 Å². The van der Waals surface area contributed by atoms with Crippen LogP contribution in [0.15, 0.2) is 36.7 Å². The van der Waals surface area contributed by atoms with E-state index in [1.165, 1.54) is 11.1 Å². The molecule has 0 amide bonds. The standard InChI is InChI=1S/C15H14N2O/c18-10-11-8-16-15(17-9-11)14-6-5-12-3-1-2-4-13(12)7-14/h1-4,8-10,14H,5-7H2. The van der Waals surface area contributed by atoms with E-state index in [9.17, 15) is 4.79 Å². The summed E-state index contributed by atoms with van der Waals surface area (Å²) in [4.78, 5) is 19.2. The fourth-order valence-electron chi connectivity index (χ4n) is 2.54. The van der Waals surface area contributed by atoms with Crippen LogP contribution < -0.4 is 0 Å². The van der Waals surface area contributed by atoms with Gasteiger partial charge >= 0.3 is 0 Å². The van der Waals surface area contributed by atoms with Crippen LogP contribution in [0.4, 0.5) is 0 Å². The van der Waals surface area contributed by atoms with Crippen molar-refractivity contribution in [3.05, 3.63) is 59.2 Å². The Hall–Kier alpha value is -2.03. The third-order valence-electron chi connectivity index (χ3n) is 3.54. The second-order valence-corrected chi connectivity index (χ2v) is 4.70. The highest BCUT2D eigenvalue weighted by atomic mass is 16.1. The minimum Gasteiger partial charge on any atom is -0.298 e. The van der Waals surface area contributed by atoms with Crippen LogP contribution in [-0.4, -0.2) is 16.3 Å². The minimum absolute atomic E-state index is 0.376. The van der Waals surface area contributed by atoms with Gasteiger partial charge in [0.1, 0.15) is 5.82 Å². The van der Waals surface area contributed by atoms with Gasteiger partial charge in [-0.2, -0.15) is 0 Å². The first-order chi connectivity index (χ1) is 8.86. The normalized spacial score (nSPS) is 18.1. The number of aldehydes is 1. The van der Waals surface area contributed by atoms with E-state index in [1.54, 1.807) is 12.4 Å². The number of carbonyl (C=O) groups is 1. The van der Waals surface area contributed by atoms with E-state index in [-0.39, 0.29) is 0 Å². The molecule has 0 fully saturated rings. The van der Waals surface area contributed by atoms with Gasteiger partial charge in [-0.05, 0) is 30.4 Å². The summed E-state index contributed by atoms with van der Waals surface area (Å²) in [6.07, 6.45) is 7.15. The molecule has 1 unspecified atom stereocenters. The van der Waals surface area contributed by atoms with E-state index in [1.807, 2.05) is 0 Å². The molecule has 0 aliphatic heterocycles. The molecule has 1 atom stereocenters. The first-order valence-electron chi connectivity index (χ1n) is 6.20. The number of nitrogens with zero attached hydrogens (tertiary/aromatic N) is 2. The van der Waals surface area contributed by atoms with Crippen molar-refractivity contribution in [3.8, 4) is 0 Å². The van der Waals surface area contributed by atoms with Crippen LogP contribution in [0.3, 0.4) is 0 Å². The lowest BCUT2D eigenvalue weighted by Crippen LogP contribution is -2.15. The van der Waals surface area contributed by atoms with Gasteiger partial charge in [0.05, 0.1) is 5.56 Å². The summed E-state index contributed by atoms with van der Waals surface area (Å²) in [5.74, 6) is 1.23. The molecule has 1 aliphatic rings. The number of hydrogen-bond acceptors (Lipinski definition) is 3. The molecule has 2 aromatic rings. The second kappa shape index (κ2) is 4.69. The van der Waals surface area contributed by atoms with Crippen molar-refractivity contribution in [2.75, 3.05) is 0 Å². The maximum absolute atomic E-state index is 10.6. The predicted molar refractivity (Wildman–Crippen MR) is 68.6 cm³/mol. The maximum Gasteiger partial charge on any atom is 0.153 e. The fourth-order valence-corrected chi connectivity index (χ4v) is 2.54. The van der Waals surface area contributed by atoms with E-state index < -0.39 is 0 Å². The molecular formula is C15H14N2O. The molecule has 0 N–H and O–H groups in total. The summed E-state index contributed by atoms with van der Waals surface area (Å²) in [6, 6.07) is 8.55. The quantitative estimate of drug-likeness (QED) is 0.755. The molecule has 0 saturated heterocycles. The zero-order chi connectivity index (χ0) is 12.4. The molecule has 3 nitrogen and oxygen atoms in total. The van der Waals surface area contributed by atoms with Crippen LogP contribution in [0.25, 0.3) is 0 Å². The lowest BCUT2D eigenvalue weighted by Gasteiger charge is -2.23. The van der Waals surface area contributed by atoms with Crippen LogP contribution in [-0.2, 0) is 12.8 Å². The summed E-state index contributed by atoms with van der Waals surface area (Å²) in [5, 5.41) is 0. The summed E-state index contributed by atoms with van der Waals surface area (Å²) in [6.45, 7) is 0. The van der Waals surface area contributed by atoms with E-state index in [2.05, 4.69) is 34.2 Å². The molecular weight excluding hydrogens is 224 g/mol. The van der Waals surface area contributed by atoms with Crippen molar-refractivity contribution in [1.82, 2.24) is 9.97 Å². The molecule has 3 rings (SSSR count). The Morgan fingerprint density at radius 1 is 1.11 bits per heavy atom. The third-order valence-corrected chi connectivity index (χ3v) is 3.54. The summed E-state index contributed by atoms with van der Waals surface area (Å²) in [5.41, 5.74) is 3.38. The zero-order valence-corrected chi connectivity index (χ0v) is 10.0. The van der Waals surface area contributed by atoms with Crippen molar-refractivity contribution in [2.24, 2.45) is 0 Å². The second-order valence-electron chi connectivity index (χ2n) is 4.70. The van der Waals surface area contributed by atoms with Gasteiger partial charge in [0.2, 0.25) is 0 Å². The summed E-state index contributed by atoms with van der Waals surface area (Å²) in [7, 11) is 0. The van der Waals surface area contributed by atoms with Crippen molar-refractivity contribution in [1.29, 1.82) is 0 Å². The van der Waals surface area contributed by atoms with Crippen molar-refractivity contribution >= 4 is 6.29 Å². The first-order valence-corrected chi connectivity index (χ1v) is 6.20. The number of aromatic nitrogens is 2. The van der Waals surface area contributed by atoms with E-state index in [0.717, 1.165) is 31.4 Å². The minimum atomic E-state index is 0.376. The van der Waals surface area contributed by atoms with Gasteiger partial charge in [-0.25, -0.2) is 9.97 Å². The summed E-state index contributed by atoms with van der Waals surface area (Å²) >= 11 is 0. The number of fused-ring (bicyclic) bond motifs is 1. The molecule has 0 bridgehead atoms. The molecule has 1 heterocycles. The molecule has 1 aromatic carbocycles. The molecule has 0 radical (unpaired) electrons. The molecule has 0 spiro atoms. The smallest absolute Gasteiger partial charge is 0.153 e.